The number of carbonyl (C=O) groups excluding carboxylic acids is 2. The summed E-state index contributed by atoms with van der Waals surface area (Å²) >= 11 is 4.35. The van der Waals surface area contributed by atoms with E-state index in [1.54, 1.807) is 35.2 Å². The van der Waals surface area contributed by atoms with Crippen LogP contribution in [0, 0.1) is 5.41 Å². The van der Waals surface area contributed by atoms with Crippen LogP contribution >= 0.6 is 34.4 Å². The number of aromatic nitrogens is 1. The molecule has 3 rings (SSSR count). The molecule has 2 aromatic heterocycles. The number of rotatable bonds is 6. The number of anilines is 1. The van der Waals surface area contributed by atoms with E-state index in [2.05, 4.69) is 5.32 Å². The fourth-order valence-electron chi connectivity index (χ4n) is 2.67. The summed E-state index contributed by atoms with van der Waals surface area (Å²) in [5, 5.41) is 6.72. The molecule has 3 aromatic rings. The van der Waals surface area contributed by atoms with E-state index in [1.165, 1.54) is 22.0 Å². The van der Waals surface area contributed by atoms with Gasteiger partial charge in [0.15, 0.2) is 5.78 Å². The molecule has 0 aliphatic carbocycles. The summed E-state index contributed by atoms with van der Waals surface area (Å²) < 4.78 is 2.34. The second kappa shape index (κ2) is 9.80. The molecule has 0 radical (unpaired) electrons. The number of ketones is 1. The highest BCUT2D eigenvalue weighted by Gasteiger charge is 2.20. The molecule has 8 heteroatoms. The van der Waals surface area contributed by atoms with Crippen LogP contribution in [0.25, 0.3) is 12.2 Å². The molecule has 162 valence electrons. The molecular weight excluding hydrogens is 448 g/mol. The largest absolute Gasteiger partial charge is 0.324 e. The van der Waals surface area contributed by atoms with Crippen LogP contribution in [0.3, 0.4) is 0 Å². The predicted octanol–water partition coefficient (Wildman–Crippen LogP) is 3.56. The molecule has 1 N–H and O–H groups in total. The minimum absolute atomic E-state index is 0.0994. The Labute approximate surface area is 193 Å². The number of carbonyl (C=O) groups is 2. The number of amides is 1. The molecule has 1 amide bonds. The predicted molar refractivity (Wildman–Crippen MR) is 131 cm³/mol. The van der Waals surface area contributed by atoms with Crippen molar-refractivity contribution < 1.29 is 9.59 Å². The highest BCUT2D eigenvalue weighted by Crippen LogP contribution is 2.19. The number of thiazole rings is 1. The minimum atomic E-state index is -0.581. The van der Waals surface area contributed by atoms with Gasteiger partial charge in [-0.05, 0) is 52.9 Å². The molecule has 1 aromatic carbocycles. The van der Waals surface area contributed by atoms with Crippen molar-refractivity contribution in [2.24, 2.45) is 5.41 Å². The van der Waals surface area contributed by atoms with Crippen molar-refractivity contribution in [3.63, 3.8) is 0 Å². The van der Waals surface area contributed by atoms with E-state index in [1.807, 2.05) is 62.1 Å². The van der Waals surface area contributed by atoms with Gasteiger partial charge in [0.2, 0.25) is 5.91 Å². The smallest absolute Gasteiger partial charge is 0.269 e. The Morgan fingerprint density at radius 1 is 1.23 bits per heavy atom. The molecule has 5 nitrogen and oxygen atoms in total. The SMILES string of the molecule is CSc1cccc(NC(=O)Cn2c(=O)/c(=C/c3ccsc3)s/c2=C\C(=O)C(C)(C)C)c1. The molecule has 0 bridgehead atoms. The Balaban J connectivity index is 2.00. The van der Waals surface area contributed by atoms with Gasteiger partial charge in [-0.3, -0.25) is 19.0 Å². The van der Waals surface area contributed by atoms with Gasteiger partial charge in [-0.25, -0.2) is 0 Å². The Hall–Kier alpha value is -2.42. The van der Waals surface area contributed by atoms with Gasteiger partial charge in [-0.2, -0.15) is 11.3 Å². The Bertz CT molecular complexity index is 1260. The third kappa shape index (κ3) is 6.06. The summed E-state index contributed by atoms with van der Waals surface area (Å²) in [6, 6.07) is 9.43. The Morgan fingerprint density at radius 2 is 2.00 bits per heavy atom. The normalized spacial score (nSPS) is 12.9. The lowest BCUT2D eigenvalue weighted by molar-refractivity contribution is -0.120. The van der Waals surface area contributed by atoms with Crippen molar-refractivity contribution in [2.75, 3.05) is 11.6 Å². The van der Waals surface area contributed by atoms with Gasteiger partial charge in [-0.15, -0.1) is 23.1 Å². The second-order valence-corrected chi connectivity index (χ2v) is 10.7. The van der Waals surface area contributed by atoms with Crippen molar-refractivity contribution in [3.05, 3.63) is 66.2 Å². The van der Waals surface area contributed by atoms with Gasteiger partial charge in [0, 0.05) is 22.1 Å². The Morgan fingerprint density at radius 3 is 2.65 bits per heavy atom. The number of hydrogen-bond acceptors (Lipinski definition) is 6. The molecule has 0 saturated carbocycles. The van der Waals surface area contributed by atoms with Crippen LogP contribution < -0.4 is 20.1 Å². The van der Waals surface area contributed by atoms with E-state index in [9.17, 15) is 14.4 Å². The fraction of sp³-hybridized carbons (Fsp3) is 0.261. The van der Waals surface area contributed by atoms with Gasteiger partial charge < -0.3 is 5.32 Å². The lowest BCUT2D eigenvalue weighted by Gasteiger charge is -2.13. The standard InChI is InChI=1S/C23H24N2O3S3/c1-23(2,3)19(26)12-21-25(22(28)18(31-21)10-15-8-9-30-14-15)13-20(27)24-16-6-5-7-17(11-16)29-4/h5-12,14H,13H2,1-4H3,(H,24,27)/b18-10-,21-12-. The molecule has 0 atom stereocenters. The van der Waals surface area contributed by atoms with Gasteiger partial charge in [0.1, 0.15) is 11.2 Å². The first kappa shape index (κ1) is 23.2. The summed E-state index contributed by atoms with van der Waals surface area (Å²) in [4.78, 5) is 39.4. The van der Waals surface area contributed by atoms with Crippen molar-refractivity contribution in [2.45, 2.75) is 32.2 Å². The van der Waals surface area contributed by atoms with Crippen LogP contribution in [0.1, 0.15) is 26.3 Å². The van der Waals surface area contributed by atoms with Crippen molar-refractivity contribution in [3.8, 4) is 0 Å². The van der Waals surface area contributed by atoms with E-state index in [0.29, 0.717) is 14.9 Å². The highest BCUT2D eigenvalue weighted by molar-refractivity contribution is 7.98. The van der Waals surface area contributed by atoms with Gasteiger partial charge in [0.05, 0.1) is 4.53 Å². The lowest BCUT2D eigenvalue weighted by atomic mass is 9.91. The molecule has 31 heavy (non-hydrogen) atoms. The van der Waals surface area contributed by atoms with E-state index in [0.717, 1.165) is 10.5 Å². The summed E-state index contributed by atoms with van der Waals surface area (Å²) in [6.45, 7) is 5.31. The highest BCUT2D eigenvalue weighted by atomic mass is 32.2. The maximum absolute atomic E-state index is 13.1. The first-order valence-corrected chi connectivity index (χ1v) is 12.6. The minimum Gasteiger partial charge on any atom is -0.324 e. The molecular formula is C23H24N2O3S3. The third-order valence-corrected chi connectivity index (χ3v) is 6.91. The quantitative estimate of drug-likeness (QED) is 0.557. The van der Waals surface area contributed by atoms with Crippen LogP contribution in [0.5, 0.6) is 0 Å². The number of nitrogens with one attached hydrogen (secondary N) is 1. The zero-order valence-corrected chi connectivity index (χ0v) is 20.2. The Kier molecular flexibility index (Phi) is 7.35. The van der Waals surface area contributed by atoms with Crippen LogP contribution in [0.4, 0.5) is 5.69 Å². The first-order chi connectivity index (χ1) is 14.7. The number of thiophene rings is 1. The first-order valence-electron chi connectivity index (χ1n) is 9.61. The maximum atomic E-state index is 13.1. The number of Topliss-reactive ketones (excluding diaryl/α,β-unsaturated/α-hetero) is 1. The third-order valence-electron chi connectivity index (χ3n) is 4.43. The van der Waals surface area contributed by atoms with Crippen LogP contribution in [0.2, 0.25) is 0 Å². The van der Waals surface area contributed by atoms with E-state index in [-0.39, 0.29) is 23.8 Å². The fourth-order valence-corrected chi connectivity index (χ4v) is 4.79. The molecule has 0 aliphatic rings. The second-order valence-electron chi connectivity index (χ2n) is 7.94. The number of nitrogens with zero attached hydrogens (tertiary/aromatic N) is 1. The van der Waals surface area contributed by atoms with Gasteiger partial charge in [-0.1, -0.05) is 26.8 Å². The van der Waals surface area contributed by atoms with E-state index in [4.69, 9.17) is 0 Å². The maximum Gasteiger partial charge on any atom is 0.269 e. The summed E-state index contributed by atoms with van der Waals surface area (Å²) in [6.07, 6.45) is 5.23. The molecule has 0 fully saturated rings. The van der Waals surface area contributed by atoms with Crippen LogP contribution in [-0.2, 0) is 16.1 Å². The van der Waals surface area contributed by atoms with Gasteiger partial charge in [0.25, 0.3) is 5.56 Å². The van der Waals surface area contributed by atoms with E-state index < -0.39 is 5.41 Å². The molecule has 0 spiro atoms. The van der Waals surface area contributed by atoms with Crippen molar-refractivity contribution >= 4 is 64.0 Å². The summed E-state index contributed by atoms with van der Waals surface area (Å²) in [5.74, 6) is -0.421. The zero-order valence-electron chi connectivity index (χ0n) is 17.8. The summed E-state index contributed by atoms with van der Waals surface area (Å²) in [7, 11) is 0. The molecule has 0 saturated heterocycles. The molecule has 2 heterocycles. The monoisotopic (exact) mass is 472 g/mol. The van der Waals surface area contributed by atoms with Crippen LogP contribution in [-0.4, -0.2) is 22.5 Å². The topological polar surface area (TPSA) is 68.2 Å². The van der Waals surface area contributed by atoms with E-state index >= 15 is 0 Å². The lowest BCUT2D eigenvalue weighted by Crippen LogP contribution is -2.36. The number of thioether (sulfide) groups is 1. The summed E-state index contributed by atoms with van der Waals surface area (Å²) in [5.41, 5.74) is 0.726. The number of benzene rings is 1. The average Bonchev–Trinajstić information content (AvgIpc) is 3.31. The van der Waals surface area contributed by atoms with Crippen LogP contribution in [0.15, 0.2) is 50.8 Å². The average molecular weight is 473 g/mol. The van der Waals surface area contributed by atoms with Gasteiger partial charge >= 0.3 is 0 Å². The molecule has 0 aliphatic heterocycles. The van der Waals surface area contributed by atoms with Crippen molar-refractivity contribution in [1.82, 2.24) is 4.57 Å². The zero-order chi connectivity index (χ0) is 22.6. The molecule has 0 unspecified atom stereocenters. The van der Waals surface area contributed by atoms with Crippen molar-refractivity contribution in [1.29, 1.82) is 0 Å². The number of hydrogen-bond donors (Lipinski definition) is 1.